The highest BCUT2D eigenvalue weighted by Gasteiger charge is 2.16. The molecular formula is C21H27NO. The fourth-order valence-corrected chi connectivity index (χ4v) is 3.07. The third kappa shape index (κ3) is 4.51. The summed E-state index contributed by atoms with van der Waals surface area (Å²) in [6, 6.07) is 17.2. The van der Waals surface area contributed by atoms with Gasteiger partial charge in [-0.3, -0.25) is 0 Å². The van der Waals surface area contributed by atoms with E-state index in [2.05, 4.69) is 67.7 Å². The van der Waals surface area contributed by atoms with Gasteiger partial charge in [-0.15, -0.1) is 0 Å². The Morgan fingerprint density at radius 3 is 2.22 bits per heavy atom. The molecule has 0 aliphatic heterocycles. The molecule has 2 heteroatoms. The van der Waals surface area contributed by atoms with Gasteiger partial charge in [0.2, 0.25) is 0 Å². The molecule has 1 fully saturated rings. The Labute approximate surface area is 139 Å². The molecular weight excluding hydrogens is 282 g/mol. The molecule has 0 spiro atoms. The first kappa shape index (κ1) is 15.9. The Kier molecular flexibility index (Phi) is 5.22. The number of hydrogen-bond donors (Lipinski definition) is 1. The van der Waals surface area contributed by atoms with Gasteiger partial charge in [0.1, 0.15) is 5.75 Å². The van der Waals surface area contributed by atoms with Crippen LogP contribution in [0, 0.1) is 0 Å². The van der Waals surface area contributed by atoms with E-state index in [-0.39, 0.29) is 0 Å². The fraction of sp³-hybridized carbons (Fsp3) is 0.429. The van der Waals surface area contributed by atoms with Gasteiger partial charge in [0, 0.05) is 12.2 Å². The lowest BCUT2D eigenvalue weighted by Gasteiger charge is -2.13. The Morgan fingerprint density at radius 2 is 1.61 bits per heavy atom. The molecule has 1 N–H and O–H groups in total. The second-order valence-corrected chi connectivity index (χ2v) is 6.80. The molecule has 0 heterocycles. The monoisotopic (exact) mass is 309 g/mol. The Morgan fingerprint density at radius 1 is 0.957 bits per heavy atom. The van der Waals surface area contributed by atoms with E-state index in [0.29, 0.717) is 12.0 Å². The second kappa shape index (κ2) is 7.54. The summed E-state index contributed by atoms with van der Waals surface area (Å²) in [5.41, 5.74) is 3.82. The average molecular weight is 309 g/mol. The molecule has 0 radical (unpaired) electrons. The van der Waals surface area contributed by atoms with Crippen LogP contribution < -0.4 is 10.1 Å². The Hall–Kier alpha value is -1.96. The zero-order valence-corrected chi connectivity index (χ0v) is 14.2. The van der Waals surface area contributed by atoms with Crippen LogP contribution in [0.15, 0.2) is 48.5 Å². The Bertz CT molecular complexity index is 595. The quantitative estimate of drug-likeness (QED) is 0.734. The average Bonchev–Trinajstić information content (AvgIpc) is 3.07. The summed E-state index contributed by atoms with van der Waals surface area (Å²) < 4.78 is 6.01. The van der Waals surface area contributed by atoms with Crippen LogP contribution >= 0.6 is 0 Å². The van der Waals surface area contributed by atoms with Crippen molar-refractivity contribution >= 4 is 5.69 Å². The molecule has 1 aliphatic carbocycles. The lowest BCUT2D eigenvalue weighted by molar-refractivity contribution is 0.210. The van der Waals surface area contributed by atoms with Crippen LogP contribution in [-0.4, -0.2) is 6.10 Å². The van der Waals surface area contributed by atoms with Crippen LogP contribution in [0.3, 0.4) is 0 Å². The SMILES string of the molecule is CC(C)c1ccc(NCc2ccc(OC3CCCC3)cc2)cc1. The summed E-state index contributed by atoms with van der Waals surface area (Å²) in [4.78, 5) is 0. The van der Waals surface area contributed by atoms with Crippen LogP contribution in [0.25, 0.3) is 0 Å². The van der Waals surface area contributed by atoms with Gasteiger partial charge in [-0.1, -0.05) is 38.1 Å². The molecule has 2 nitrogen and oxygen atoms in total. The van der Waals surface area contributed by atoms with Gasteiger partial charge in [-0.05, 0) is 67.0 Å². The van der Waals surface area contributed by atoms with Crippen LogP contribution in [0.2, 0.25) is 0 Å². The normalized spacial score (nSPS) is 15.1. The van der Waals surface area contributed by atoms with Crippen molar-refractivity contribution in [2.24, 2.45) is 0 Å². The molecule has 0 amide bonds. The zero-order chi connectivity index (χ0) is 16.1. The third-order valence-corrected chi connectivity index (χ3v) is 4.60. The largest absolute Gasteiger partial charge is 0.490 e. The minimum absolute atomic E-state index is 0.429. The first-order valence-electron chi connectivity index (χ1n) is 8.80. The molecule has 1 saturated carbocycles. The second-order valence-electron chi connectivity index (χ2n) is 6.80. The molecule has 0 saturated heterocycles. The van der Waals surface area contributed by atoms with Crippen molar-refractivity contribution in [3.05, 3.63) is 59.7 Å². The van der Waals surface area contributed by atoms with E-state index in [1.165, 1.54) is 42.5 Å². The standard InChI is InChI=1S/C21H27NO/c1-16(2)18-9-11-19(12-10-18)22-15-17-7-13-21(14-8-17)23-20-5-3-4-6-20/h7-14,16,20,22H,3-6,15H2,1-2H3. The summed E-state index contributed by atoms with van der Waals surface area (Å²) in [5.74, 6) is 1.58. The minimum atomic E-state index is 0.429. The summed E-state index contributed by atoms with van der Waals surface area (Å²) in [7, 11) is 0. The third-order valence-electron chi connectivity index (χ3n) is 4.60. The molecule has 0 bridgehead atoms. The van der Waals surface area contributed by atoms with Gasteiger partial charge in [0.05, 0.1) is 6.10 Å². The maximum absolute atomic E-state index is 6.01. The first-order valence-corrected chi connectivity index (χ1v) is 8.80. The van der Waals surface area contributed by atoms with E-state index in [1.807, 2.05) is 0 Å². The van der Waals surface area contributed by atoms with Crippen molar-refractivity contribution in [2.45, 2.75) is 58.1 Å². The van der Waals surface area contributed by atoms with Crippen molar-refractivity contribution in [1.82, 2.24) is 0 Å². The van der Waals surface area contributed by atoms with Crippen molar-refractivity contribution in [2.75, 3.05) is 5.32 Å². The minimum Gasteiger partial charge on any atom is -0.490 e. The lowest BCUT2D eigenvalue weighted by Crippen LogP contribution is -2.10. The van der Waals surface area contributed by atoms with E-state index in [4.69, 9.17) is 4.74 Å². The van der Waals surface area contributed by atoms with Crippen molar-refractivity contribution < 1.29 is 4.74 Å². The van der Waals surface area contributed by atoms with E-state index >= 15 is 0 Å². The summed E-state index contributed by atoms with van der Waals surface area (Å²) in [6.45, 7) is 5.28. The Balaban J connectivity index is 1.51. The first-order chi connectivity index (χ1) is 11.2. The molecule has 0 aromatic heterocycles. The molecule has 2 aromatic carbocycles. The topological polar surface area (TPSA) is 21.3 Å². The number of anilines is 1. The summed E-state index contributed by atoms with van der Waals surface area (Å²) >= 11 is 0. The summed E-state index contributed by atoms with van der Waals surface area (Å²) in [6.07, 6.45) is 5.45. The van der Waals surface area contributed by atoms with Gasteiger partial charge in [-0.25, -0.2) is 0 Å². The fourth-order valence-electron chi connectivity index (χ4n) is 3.07. The van der Waals surface area contributed by atoms with Crippen molar-refractivity contribution in [3.8, 4) is 5.75 Å². The predicted molar refractivity (Wildman–Crippen MR) is 97.2 cm³/mol. The van der Waals surface area contributed by atoms with Gasteiger partial charge >= 0.3 is 0 Å². The van der Waals surface area contributed by atoms with Gasteiger partial charge in [-0.2, -0.15) is 0 Å². The molecule has 122 valence electrons. The number of rotatable bonds is 6. The molecule has 0 atom stereocenters. The molecule has 0 unspecified atom stereocenters. The van der Waals surface area contributed by atoms with Crippen LogP contribution in [0.5, 0.6) is 5.75 Å². The van der Waals surface area contributed by atoms with Gasteiger partial charge in [0.15, 0.2) is 0 Å². The number of ether oxygens (including phenoxy) is 1. The maximum Gasteiger partial charge on any atom is 0.119 e. The van der Waals surface area contributed by atoms with Crippen LogP contribution in [0.4, 0.5) is 5.69 Å². The smallest absolute Gasteiger partial charge is 0.119 e. The molecule has 1 aliphatic rings. The van der Waals surface area contributed by atoms with Crippen LogP contribution in [-0.2, 0) is 6.54 Å². The lowest BCUT2D eigenvalue weighted by atomic mass is 10.0. The van der Waals surface area contributed by atoms with E-state index < -0.39 is 0 Å². The number of hydrogen-bond acceptors (Lipinski definition) is 2. The molecule has 23 heavy (non-hydrogen) atoms. The van der Waals surface area contributed by atoms with Crippen molar-refractivity contribution in [3.63, 3.8) is 0 Å². The van der Waals surface area contributed by atoms with Gasteiger partial charge in [0.25, 0.3) is 0 Å². The summed E-state index contributed by atoms with van der Waals surface area (Å²) in [5, 5.41) is 3.48. The van der Waals surface area contributed by atoms with Gasteiger partial charge < -0.3 is 10.1 Å². The van der Waals surface area contributed by atoms with E-state index in [0.717, 1.165) is 12.3 Å². The highest BCUT2D eigenvalue weighted by atomic mass is 16.5. The predicted octanol–water partition coefficient (Wildman–Crippen LogP) is 5.74. The highest BCUT2D eigenvalue weighted by molar-refractivity contribution is 5.45. The zero-order valence-electron chi connectivity index (χ0n) is 14.2. The van der Waals surface area contributed by atoms with E-state index in [9.17, 15) is 0 Å². The van der Waals surface area contributed by atoms with E-state index in [1.54, 1.807) is 0 Å². The number of benzene rings is 2. The number of nitrogens with one attached hydrogen (secondary N) is 1. The van der Waals surface area contributed by atoms with Crippen LogP contribution in [0.1, 0.15) is 56.6 Å². The maximum atomic E-state index is 6.01. The molecule has 2 aromatic rings. The van der Waals surface area contributed by atoms with Crippen molar-refractivity contribution in [1.29, 1.82) is 0 Å². The molecule has 3 rings (SSSR count). The highest BCUT2D eigenvalue weighted by Crippen LogP contribution is 2.24.